The number of aliphatic hydroxyl groups is 1. The van der Waals surface area contributed by atoms with Crippen molar-refractivity contribution < 1.29 is 18.3 Å². The molecule has 2 N–H and O–H groups in total. The first-order chi connectivity index (χ1) is 9.87. The topological polar surface area (TPSA) is 75.6 Å². The van der Waals surface area contributed by atoms with Crippen LogP contribution in [0, 0.1) is 0 Å². The number of sulfone groups is 1. The van der Waals surface area contributed by atoms with Gasteiger partial charge >= 0.3 is 0 Å². The molecular weight excluding hydrogens is 314 g/mol. The van der Waals surface area contributed by atoms with Crippen LogP contribution < -0.4 is 5.32 Å². The van der Waals surface area contributed by atoms with Gasteiger partial charge in [0, 0.05) is 17.8 Å². The Kier molecular flexibility index (Phi) is 8.21. The molecule has 5 nitrogen and oxygen atoms in total. The Labute approximate surface area is 131 Å². The molecule has 1 rings (SSSR count). The first-order valence-electron chi connectivity index (χ1n) is 6.75. The molecule has 0 saturated heterocycles. The first kappa shape index (κ1) is 18.4. The summed E-state index contributed by atoms with van der Waals surface area (Å²) in [6, 6.07) is 7.33. The van der Waals surface area contributed by atoms with Crippen LogP contribution in [0.2, 0.25) is 5.02 Å². The summed E-state index contributed by atoms with van der Waals surface area (Å²) >= 11 is 5.78. The van der Waals surface area contributed by atoms with E-state index in [1.807, 2.05) is 12.1 Å². The van der Waals surface area contributed by atoms with Gasteiger partial charge in [-0.05, 0) is 30.7 Å². The Balaban J connectivity index is 2.06. The van der Waals surface area contributed by atoms with E-state index in [0.29, 0.717) is 31.1 Å². The summed E-state index contributed by atoms with van der Waals surface area (Å²) in [5.74, 6) is 0.156. The monoisotopic (exact) mass is 335 g/mol. The van der Waals surface area contributed by atoms with Crippen LogP contribution in [-0.2, 0) is 21.2 Å². The highest BCUT2D eigenvalue weighted by Crippen LogP contribution is 2.10. The van der Waals surface area contributed by atoms with Crippen molar-refractivity contribution in [1.82, 2.24) is 5.32 Å². The van der Waals surface area contributed by atoms with Crippen LogP contribution in [-0.4, -0.2) is 51.3 Å². The zero-order valence-corrected chi connectivity index (χ0v) is 13.7. The van der Waals surface area contributed by atoms with E-state index in [0.717, 1.165) is 5.56 Å². The highest BCUT2D eigenvalue weighted by Gasteiger charge is 2.05. The SMILES string of the molecule is CS(=O)(=O)CCCNCC(O)COCc1ccc(Cl)cc1. The predicted octanol–water partition coefficient (Wildman–Crippen LogP) is 1.24. The standard InChI is InChI=1S/C14H22ClNO4S/c1-21(18,19)8-2-7-16-9-14(17)11-20-10-12-3-5-13(15)6-4-12/h3-6,14,16-17H,2,7-11H2,1H3. The lowest BCUT2D eigenvalue weighted by Crippen LogP contribution is -2.31. The molecule has 0 aliphatic heterocycles. The zero-order valence-electron chi connectivity index (χ0n) is 12.1. The Bertz CT molecular complexity index is 504. The molecule has 0 aliphatic rings. The van der Waals surface area contributed by atoms with E-state index in [-0.39, 0.29) is 12.4 Å². The van der Waals surface area contributed by atoms with Gasteiger partial charge in [0.2, 0.25) is 0 Å². The summed E-state index contributed by atoms with van der Waals surface area (Å²) in [4.78, 5) is 0. The van der Waals surface area contributed by atoms with Crippen molar-refractivity contribution >= 4 is 21.4 Å². The van der Waals surface area contributed by atoms with Crippen LogP contribution in [0.15, 0.2) is 24.3 Å². The number of aliphatic hydroxyl groups excluding tert-OH is 1. The van der Waals surface area contributed by atoms with Crippen LogP contribution in [0.3, 0.4) is 0 Å². The fourth-order valence-corrected chi connectivity index (χ4v) is 2.48. The van der Waals surface area contributed by atoms with E-state index in [2.05, 4.69) is 5.32 Å². The molecule has 0 spiro atoms. The lowest BCUT2D eigenvalue weighted by molar-refractivity contribution is 0.0290. The summed E-state index contributed by atoms with van der Waals surface area (Å²) in [7, 11) is -2.91. The molecular formula is C14H22ClNO4S. The number of hydrogen-bond acceptors (Lipinski definition) is 5. The molecule has 0 aliphatic carbocycles. The second kappa shape index (κ2) is 9.38. The van der Waals surface area contributed by atoms with Crippen LogP contribution in [0.25, 0.3) is 0 Å². The van der Waals surface area contributed by atoms with Gasteiger partial charge in [0.15, 0.2) is 0 Å². The Morgan fingerprint density at radius 1 is 1.33 bits per heavy atom. The Morgan fingerprint density at radius 2 is 2.00 bits per heavy atom. The number of ether oxygens (including phenoxy) is 1. The number of nitrogens with one attached hydrogen (secondary N) is 1. The van der Waals surface area contributed by atoms with E-state index < -0.39 is 15.9 Å². The van der Waals surface area contributed by atoms with Crippen molar-refractivity contribution in [1.29, 1.82) is 0 Å². The maximum absolute atomic E-state index is 10.9. The lowest BCUT2D eigenvalue weighted by Gasteiger charge is -2.12. The second-order valence-electron chi connectivity index (χ2n) is 4.98. The van der Waals surface area contributed by atoms with E-state index in [4.69, 9.17) is 16.3 Å². The summed E-state index contributed by atoms with van der Waals surface area (Å²) in [6.07, 6.45) is 1.14. The highest BCUT2D eigenvalue weighted by molar-refractivity contribution is 7.90. The molecule has 0 aromatic heterocycles. The van der Waals surface area contributed by atoms with Crippen LogP contribution in [0.4, 0.5) is 0 Å². The number of hydrogen-bond donors (Lipinski definition) is 2. The molecule has 0 fully saturated rings. The molecule has 0 radical (unpaired) electrons. The predicted molar refractivity (Wildman–Crippen MR) is 84.3 cm³/mol. The summed E-state index contributed by atoms with van der Waals surface area (Å²) in [6.45, 7) is 1.58. The van der Waals surface area contributed by atoms with Gasteiger partial charge in [0.1, 0.15) is 9.84 Å². The molecule has 21 heavy (non-hydrogen) atoms. The smallest absolute Gasteiger partial charge is 0.147 e. The quantitative estimate of drug-likeness (QED) is 0.629. The molecule has 0 amide bonds. The third-order valence-corrected chi connectivity index (χ3v) is 4.02. The summed E-state index contributed by atoms with van der Waals surface area (Å²) < 4.78 is 27.2. The van der Waals surface area contributed by atoms with Crippen molar-refractivity contribution in [3.63, 3.8) is 0 Å². The molecule has 0 saturated carbocycles. The van der Waals surface area contributed by atoms with Crippen molar-refractivity contribution in [2.24, 2.45) is 0 Å². The fraction of sp³-hybridized carbons (Fsp3) is 0.571. The second-order valence-corrected chi connectivity index (χ2v) is 7.68. The number of rotatable bonds is 10. The van der Waals surface area contributed by atoms with Gasteiger partial charge in [-0.2, -0.15) is 0 Å². The fourth-order valence-electron chi connectivity index (χ4n) is 1.68. The molecule has 0 bridgehead atoms. The van der Waals surface area contributed by atoms with Crippen molar-refractivity contribution in [3.05, 3.63) is 34.9 Å². The zero-order chi connectivity index (χ0) is 15.7. The van der Waals surface area contributed by atoms with Gasteiger partial charge in [-0.1, -0.05) is 23.7 Å². The van der Waals surface area contributed by atoms with Gasteiger partial charge < -0.3 is 15.2 Å². The van der Waals surface area contributed by atoms with Crippen LogP contribution in [0.1, 0.15) is 12.0 Å². The van der Waals surface area contributed by atoms with E-state index in [1.54, 1.807) is 12.1 Å². The van der Waals surface area contributed by atoms with Gasteiger partial charge in [0.05, 0.1) is 25.1 Å². The molecule has 1 atom stereocenters. The largest absolute Gasteiger partial charge is 0.389 e. The van der Waals surface area contributed by atoms with Gasteiger partial charge in [-0.25, -0.2) is 8.42 Å². The maximum atomic E-state index is 10.9. The average molecular weight is 336 g/mol. The first-order valence-corrected chi connectivity index (χ1v) is 9.19. The van der Waals surface area contributed by atoms with Crippen molar-refractivity contribution in [3.8, 4) is 0 Å². The summed E-state index contributed by atoms with van der Waals surface area (Å²) in [5, 5.41) is 13.4. The minimum Gasteiger partial charge on any atom is -0.389 e. The van der Waals surface area contributed by atoms with Crippen molar-refractivity contribution in [2.75, 3.05) is 31.7 Å². The van der Waals surface area contributed by atoms with Crippen molar-refractivity contribution in [2.45, 2.75) is 19.1 Å². The Morgan fingerprint density at radius 3 is 2.62 bits per heavy atom. The normalized spacial score (nSPS) is 13.3. The van der Waals surface area contributed by atoms with Gasteiger partial charge in [-0.3, -0.25) is 0 Å². The van der Waals surface area contributed by atoms with Crippen LogP contribution in [0.5, 0.6) is 0 Å². The molecule has 120 valence electrons. The number of halogens is 1. The van der Waals surface area contributed by atoms with E-state index >= 15 is 0 Å². The molecule has 1 unspecified atom stereocenters. The van der Waals surface area contributed by atoms with Gasteiger partial charge in [-0.15, -0.1) is 0 Å². The van der Waals surface area contributed by atoms with Crippen LogP contribution >= 0.6 is 11.6 Å². The average Bonchev–Trinajstić information content (AvgIpc) is 2.39. The molecule has 1 aromatic carbocycles. The number of benzene rings is 1. The summed E-state index contributed by atoms with van der Waals surface area (Å²) in [5.41, 5.74) is 0.993. The third-order valence-electron chi connectivity index (χ3n) is 2.74. The van der Waals surface area contributed by atoms with Gasteiger partial charge in [0.25, 0.3) is 0 Å². The van der Waals surface area contributed by atoms with E-state index in [1.165, 1.54) is 6.26 Å². The Hall–Kier alpha value is -0.660. The molecule has 1 aromatic rings. The minimum atomic E-state index is -2.91. The lowest BCUT2D eigenvalue weighted by atomic mass is 10.2. The third kappa shape index (κ3) is 9.82. The van der Waals surface area contributed by atoms with E-state index in [9.17, 15) is 13.5 Å². The highest BCUT2D eigenvalue weighted by atomic mass is 35.5. The maximum Gasteiger partial charge on any atom is 0.147 e. The molecule has 7 heteroatoms. The minimum absolute atomic E-state index is 0.156. The molecule has 0 heterocycles.